The summed E-state index contributed by atoms with van der Waals surface area (Å²) in [5.41, 5.74) is 3.10. The highest BCUT2D eigenvalue weighted by molar-refractivity contribution is 7.86. The fraction of sp³-hybridized carbons (Fsp3) is 0.400. The number of aryl methyl sites for hydroxylation is 1. The van der Waals surface area contributed by atoms with Crippen LogP contribution >= 0.6 is 0 Å². The van der Waals surface area contributed by atoms with E-state index in [0.717, 1.165) is 16.7 Å². The maximum absolute atomic E-state index is 11.5. The van der Waals surface area contributed by atoms with Crippen LogP contribution in [0.5, 0.6) is 0 Å². The van der Waals surface area contributed by atoms with Crippen LogP contribution in [0, 0.1) is 13.8 Å². The molecule has 76 valence electrons. The number of fused-ring (bicyclic) bond motifs is 1. The Kier molecular flexibility index (Phi) is 2.12. The van der Waals surface area contributed by atoms with E-state index in [1.165, 1.54) is 0 Å². The molecule has 1 aliphatic rings. The molecule has 1 aliphatic heterocycles. The molecule has 3 nitrogen and oxygen atoms in total. The third kappa shape index (κ3) is 1.35. The Labute approximate surface area is 83.8 Å². The standard InChI is InChI=1S/C10H12O3S/c1-7-3-4-10-9(8(7)2)5-6-13-14(10,11)12/h3-4H,5-6H2,1-2H3. The Balaban J connectivity index is 2.75. The molecule has 4 heteroatoms. The van der Waals surface area contributed by atoms with Crippen molar-refractivity contribution >= 4 is 10.1 Å². The second-order valence-corrected chi connectivity index (χ2v) is 5.09. The number of hydrogen-bond donors (Lipinski definition) is 0. The molecule has 1 aromatic carbocycles. The molecule has 0 unspecified atom stereocenters. The average molecular weight is 212 g/mol. The van der Waals surface area contributed by atoms with Gasteiger partial charge in [0.25, 0.3) is 10.1 Å². The summed E-state index contributed by atoms with van der Waals surface area (Å²) in [6.45, 7) is 4.20. The summed E-state index contributed by atoms with van der Waals surface area (Å²) in [7, 11) is -3.48. The lowest BCUT2D eigenvalue weighted by atomic mass is 10.0. The lowest BCUT2D eigenvalue weighted by molar-refractivity contribution is 0.309. The van der Waals surface area contributed by atoms with Crippen LogP contribution < -0.4 is 0 Å². The predicted molar refractivity (Wildman–Crippen MR) is 52.8 cm³/mol. The number of rotatable bonds is 0. The SMILES string of the molecule is Cc1ccc2c(c1C)CCOS2(=O)=O. The van der Waals surface area contributed by atoms with Crippen molar-refractivity contribution in [1.82, 2.24) is 0 Å². The molecular formula is C10H12O3S. The Morgan fingerprint density at radius 2 is 2.00 bits per heavy atom. The highest BCUT2D eigenvalue weighted by Gasteiger charge is 2.25. The van der Waals surface area contributed by atoms with Crippen molar-refractivity contribution < 1.29 is 12.6 Å². The molecule has 0 aromatic heterocycles. The van der Waals surface area contributed by atoms with Crippen LogP contribution in [0.1, 0.15) is 16.7 Å². The Hall–Kier alpha value is -0.870. The lowest BCUT2D eigenvalue weighted by Gasteiger charge is -2.19. The first-order valence-corrected chi connectivity index (χ1v) is 5.92. The van der Waals surface area contributed by atoms with Crippen LogP contribution in [0.25, 0.3) is 0 Å². The molecule has 0 aliphatic carbocycles. The number of hydrogen-bond acceptors (Lipinski definition) is 3. The van der Waals surface area contributed by atoms with Gasteiger partial charge in [0.05, 0.1) is 11.5 Å². The Bertz CT molecular complexity index is 474. The van der Waals surface area contributed by atoms with Gasteiger partial charge in [-0.15, -0.1) is 0 Å². The van der Waals surface area contributed by atoms with Crippen LogP contribution in [0.15, 0.2) is 17.0 Å². The zero-order valence-electron chi connectivity index (χ0n) is 8.20. The highest BCUT2D eigenvalue weighted by Crippen LogP contribution is 2.27. The Morgan fingerprint density at radius 1 is 1.29 bits per heavy atom. The van der Waals surface area contributed by atoms with Crippen LogP contribution in [0.4, 0.5) is 0 Å². The predicted octanol–water partition coefficient (Wildman–Crippen LogP) is 1.56. The van der Waals surface area contributed by atoms with Gasteiger partial charge in [-0.3, -0.25) is 4.18 Å². The molecule has 0 bridgehead atoms. The zero-order valence-corrected chi connectivity index (χ0v) is 9.02. The molecule has 2 rings (SSSR count). The van der Waals surface area contributed by atoms with Gasteiger partial charge in [0.2, 0.25) is 0 Å². The third-order valence-electron chi connectivity index (χ3n) is 2.69. The largest absolute Gasteiger partial charge is 0.297 e. The molecule has 1 aromatic rings. The fourth-order valence-corrected chi connectivity index (χ4v) is 2.93. The second kappa shape index (κ2) is 3.07. The Morgan fingerprint density at radius 3 is 2.71 bits per heavy atom. The monoisotopic (exact) mass is 212 g/mol. The van der Waals surface area contributed by atoms with Gasteiger partial charge in [-0.05, 0) is 43.0 Å². The van der Waals surface area contributed by atoms with Crippen LogP contribution in [0.2, 0.25) is 0 Å². The average Bonchev–Trinajstić information content (AvgIpc) is 2.11. The summed E-state index contributed by atoms with van der Waals surface area (Å²) in [5.74, 6) is 0. The van der Waals surface area contributed by atoms with Gasteiger partial charge in [-0.1, -0.05) is 6.07 Å². The lowest BCUT2D eigenvalue weighted by Crippen LogP contribution is -2.19. The molecule has 0 radical (unpaired) electrons. The quantitative estimate of drug-likeness (QED) is 0.613. The molecular weight excluding hydrogens is 200 g/mol. The van der Waals surface area contributed by atoms with Crippen molar-refractivity contribution in [2.75, 3.05) is 6.61 Å². The van der Waals surface area contributed by atoms with Crippen LogP contribution in [0.3, 0.4) is 0 Å². The summed E-state index contributed by atoms with van der Waals surface area (Å²) < 4.78 is 27.8. The van der Waals surface area contributed by atoms with E-state index >= 15 is 0 Å². The van der Waals surface area contributed by atoms with E-state index < -0.39 is 10.1 Å². The minimum atomic E-state index is -3.48. The van der Waals surface area contributed by atoms with Crippen molar-refractivity contribution in [2.45, 2.75) is 25.2 Å². The summed E-state index contributed by atoms with van der Waals surface area (Å²) in [6.07, 6.45) is 0.683. The molecule has 0 fully saturated rings. The van der Waals surface area contributed by atoms with E-state index in [1.807, 2.05) is 19.9 Å². The van der Waals surface area contributed by atoms with E-state index in [4.69, 9.17) is 4.18 Å². The van der Waals surface area contributed by atoms with Crippen molar-refractivity contribution in [3.63, 3.8) is 0 Å². The van der Waals surface area contributed by atoms with E-state index in [-0.39, 0.29) is 6.61 Å². The first kappa shape index (κ1) is 9.68. The van der Waals surface area contributed by atoms with E-state index in [0.29, 0.717) is 11.3 Å². The molecule has 0 amide bonds. The van der Waals surface area contributed by atoms with Crippen molar-refractivity contribution in [2.24, 2.45) is 0 Å². The third-order valence-corrected chi connectivity index (χ3v) is 4.08. The normalized spacial score (nSPS) is 19.0. The van der Waals surface area contributed by atoms with Gasteiger partial charge in [0, 0.05) is 0 Å². The van der Waals surface area contributed by atoms with Gasteiger partial charge in [0.15, 0.2) is 0 Å². The summed E-state index contributed by atoms with van der Waals surface area (Å²) in [5, 5.41) is 0. The molecule has 0 spiro atoms. The van der Waals surface area contributed by atoms with Crippen molar-refractivity contribution in [3.8, 4) is 0 Å². The van der Waals surface area contributed by atoms with Gasteiger partial charge in [-0.25, -0.2) is 0 Å². The summed E-state index contributed by atoms with van der Waals surface area (Å²) >= 11 is 0. The minimum Gasteiger partial charge on any atom is -0.266 e. The maximum Gasteiger partial charge on any atom is 0.297 e. The van der Waals surface area contributed by atoms with Crippen LogP contribution in [-0.4, -0.2) is 15.0 Å². The molecule has 0 saturated carbocycles. The fourth-order valence-electron chi connectivity index (χ4n) is 1.71. The van der Waals surface area contributed by atoms with Gasteiger partial charge in [0.1, 0.15) is 0 Å². The van der Waals surface area contributed by atoms with Gasteiger partial charge >= 0.3 is 0 Å². The van der Waals surface area contributed by atoms with Crippen molar-refractivity contribution in [1.29, 1.82) is 0 Å². The summed E-state index contributed by atoms with van der Waals surface area (Å²) in [6, 6.07) is 3.45. The van der Waals surface area contributed by atoms with Gasteiger partial charge < -0.3 is 0 Å². The summed E-state index contributed by atoms with van der Waals surface area (Å²) in [4.78, 5) is 0.340. The first-order valence-electron chi connectivity index (χ1n) is 4.51. The van der Waals surface area contributed by atoms with Crippen molar-refractivity contribution in [3.05, 3.63) is 28.8 Å². The van der Waals surface area contributed by atoms with E-state index in [9.17, 15) is 8.42 Å². The number of benzene rings is 1. The topological polar surface area (TPSA) is 43.4 Å². The van der Waals surface area contributed by atoms with Gasteiger partial charge in [-0.2, -0.15) is 8.42 Å². The molecule has 0 atom stereocenters. The van der Waals surface area contributed by atoms with E-state index in [1.54, 1.807) is 6.07 Å². The zero-order chi connectivity index (χ0) is 10.3. The molecule has 0 N–H and O–H groups in total. The first-order chi connectivity index (χ1) is 6.52. The highest BCUT2D eigenvalue weighted by atomic mass is 32.2. The van der Waals surface area contributed by atoms with E-state index in [2.05, 4.69) is 0 Å². The van der Waals surface area contributed by atoms with Crippen LogP contribution in [-0.2, 0) is 20.7 Å². The molecule has 14 heavy (non-hydrogen) atoms. The second-order valence-electron chi connectivity index (χ2n) is 3.51. The molecule has 0 saturated heterocycles. The smallest absolute Gasteiger partial charge is 0.266 e. The molecule has 1 heterocycles. The maximum atomic E-state index is 11.5. The minimum absolute atomic E-state index is 0.264.